The number of thiophene rings is 1. The molecular weight excluding hydrogens is 318 g/mol. The van der Waals surface area contributed by atoms with Gasteiger partial charge in [0.05, 0.1) is 17.0 Å². The van der Waals surface area contributed by atoms with Crippen molar-refractivity contribution in [3.63, 3.8) is 0 Å². The maximum atomic E-state index is 12.0. The van der Waals surface area contributed by atoms with E-state index < -0.39 is 14.6 Å². The number of sulfone groups is 1. The fourth-order valence-electron chi connectivity index (χ4n) is 1.71. The summed E-state index contributed by atoms with van der Waals surface area (Å²) in [7, 11) is -1.43. The summed E-state index contributed by atoms with van der Waals surface area (Å²) >= 11 is 1.78. The van der Waals surface area contributed by atoms with Crippen molar-refractivity contribution in [3.05, 3.63) is 21.9 Å². The largest absolute Gasteiger partial charge is 0.355 e. The minimum absolute atomic E-state index is 0.0934. The normalized spacial score (nSPS) is 13.2. The Morgan fingerprint density at radius 2 is 1.86 bits per heavy atom. The molecule has 0 aliphatic heterocycles. The summed E-state index contributed by atoms with van der Waals surface area (Å²) in [5.41, 5.74) is 0. The standard InChI is InChI=1S/C15H27N3O2S2/c1-6-12-7-8-13(21-12)11-18-14(16-5)17-9-10-22(19,20)15(2,3)4/h7-8H,6,9-11H2,1-5H3,(H2,16,17,18). The molecule has 1 heterocycles. The van der Waals surface area contributed by atoms with Crippen LogP contribution in [0.1, 0.15) is 37.4 Å². The van der Waals surface area contributed by atoms with Crippen LogP contribution < -0.4 is 10.6 Å². The number of nitrogens with one attached hydrogen (secondary N) is 2. The van der Waals surface area contributed by atoms with E-state index >= 15 is 0 Å². The van der Waals surface area contributed by atoms with Gasteiger partial charge in [0.2, 0.25) is 0 Å². The number of aryl methyl sites for hydroxylation is 1. The number of aliphatic imine (C=N–C) groups is 1. The topological polar surface area (TPSA) is 70.6 Å². The molecule has 0 amide bonds. The molecule has 0 bridgehead atoms. The fourth-order valence-corrected chi connectivity index (χ4v) is 3.59. The zero-order valence-electron chi connectivity index (χ0n) is 14.1. The van der Waals surface area contributed by atoms with Gasteiger partial charge < -0.3 is 10.6 Å². The summed E-state index contributed by atoms with van der Waals surface area (Å²) in [5, 5.41) is 6.26. The number of hydrogen-bond donors (Lipinski definition) is 2. The van der Waals surface area contributed by atoms with Crippen molar-refractivity contribution in [1.29, 1.82) is 0 Å². The molecule has 2 N–H and O–H groups in total. The second-order valence-corrected chi connectivity index (χ2v) is 10.1. The van der Waals surface area contributed by atoms with Gasteiger partial charge in [0.15, 0.2) is 15.8 Å². The van der Waals surface area contributed by atoms with Crippen molar-refractivity contribution in [2.24, 2.45) is 4.99 Å². The number of hydrogen-bond acceptors (Lipinski definition) is 4. The molecule has 0 fully saturated rings. The van der Waals surface area contributed by atoms with Crippen molar-refractivity contribution >= 4 is 27.1 Å². The van der Waals surface area contributed by atoms with Crippen LogP contribution in [0.25, 0.3) is 0 Å². The van der Waals surface area contributed by atoms with Crippen molar-refractivity contribution in [2.75, 3.05) is 19.3 Å². The Morgan fingerprint density at radius 3 is 2.36 bits per heavy atom. The zero-order valence-corrected chi connectivity index (χ0v) is 15.7. The van der Waals surface area contributed by atoms with Crippen LogP contribution in [0.5, 0.6) is 0 Å². The number of rotatable bonds is 6. The third kappa shape index (κ3) is 5.61. The van der Waals surface area contributed by atoms with Crippen molar-refractivity contribution < 1.29 is 8.42 Å². The van der Waals surface area contributed by atoms with Gasteiger partial charge in [-0.1, -0.05) is 6.92 Å². The van der Waals surface area contributed by atoms with Crippen LogP contribution >= 0.6 is 11.3 Å². The second kappa shape index (κ2) is 7.97. The van der Waals surface area contributed by atoms with E-state index in [0.29, 0.717) is 19.0 Å². The summed E-state index contributed by atoms with van der Waals surface area (Å²) in [4.78, 5) is 6.71. The molecule has 0 unspecified atom stereocenters. The first kappa shape index (κ1) is 19.0. The summed E-state index contributed by atoms with van der Waals surface area (Å²) in [6.07, 6.45) is 1.04. The van der Waals surface area contributed by atoms with Gasteiger partial charge in [0.1, 0.15) is 0 Å². The van der Waals surface area contributed by atoms with Gasteiger partial charge in [0, 0.05) is 23.3 Å². The Balaban J connectivity index is 2.43. The molecule has 0 aromatic carbocycles. The predicted molar refractivity (Wildman–Crippen MR) is 95.4 cm³/mol. The molecule has 22 heavy (non-hydrogen) atoms. The zero-order chi connectivity index (χ0) is 16.8. The van der Waals surface area contributed by atoms with Gasteiger partial charge in [-0.15, -0.1) is 11.3 Å². The maximum Gasteiger partial charge on any atom is 0.191 e. The molecule has 0 aliphatic rings. The number of guanidine groups is 1. The molecule has 0 aliphatic carbocycles. The third-order valence-corrected chi connectivity index (χ3v) is 7.15. The molecule has 1 aromatic heterocycles. The molecule has 126 valence electrons. The molecular formula is C15H27N3O2S2. The third-order valence-electron chi connectivity index (χ3n) is 3.32. The van der Waals surface area contributed by atoms with Gasteiger partial charge >= 0.3 is 0 Å². The van der Waals surface area contributed by atoms with E-state index in [1.54, 1.807) is 39.2 Å². The van der Waals surface area contributed by atoms with Crippen molar-refractivity contribution in [2.45, 2.75) is 45.4 Å². The highest BCUT2D eigenvalue weighted by molar-refractivity contribution is 7.92. The molecule has 0 radical (unpaired) electrons. The Hall–Kier alpha value is -1.08. The molecule has 0 spiro atoms. The van der Waals surface area contributed by atoms with Crippen LogP contribution in [0, 0.1) is 0 Å². The Morgan fingerprint density at radius 1 is 1.23 bits per heavy atom. The summed E-state index contributed by atoms with van der Waals surface area (Å²) in [6.45, 7) is 8.34. The van der Waals surface area contributed by atoms with E-state index in [1.165, 1.54) is 9.75 Å². The number of nitrogens with zero attached hydrogens (tertiary/aromatic N) is 1. The second-order valence-electron chi connectivity index (χ2n) is 6.01. The first-order valence-corrected chi connectivity index (χ1v) is 9.91. The molecule has 0 saturated heterocycles. The van der Waals surface area contributed by atoms with E-state index in [0.717, 1.165) is 6.42 Å². The molecule has 1 rings (SSSR count). The molecule has 0 atom stereocenters. The van der Waals surface area contributed by atoms with Gasteiger partial charge in [-0.05, 0) is 39.3 Å². The van der Waals surface area contributed by atoms with Gasteiger partial charge in [-0.3, -0.25) is 4.99 Å². The Bertz CT molecular complexity index is 599. The highest BCUT2D eigenvalue weighted by atomic mass is 32.2. The average molecular weight is 346 g/mol. The van der Waals surface area contributed by atoms with E-state index in [1.807, 2.05) is 0 Å². The van der Waals surface area contributed by atoms with E-state index in [-0.39, 0.29) is 5.75 Å². The van der Waals surface area contributed by atoms with Crippen molar-refractivity contribution in [3.8, 4) is 0 Å². The molecule has 1 aromatic rings. The lowest BCUT2D eigenvalue weighted by Gasteiger charge is -2.19. The maximum absolute atomic E-state index is 12.0. The van der Waals surface area contributed by atoms with Crippen LogP contribution in [0.3, 0.4) is 0 Å². The van der Waals surface area contributed by atoms with Crippen LogP contribution in [-0.4, -0.2) is 38.5 Å². The highest BCUT2D eigenvalue weighted by Gasteiger charge is 2.28. The van der Waals surface area contributed by atoms with Crippen molar-refractivity contribution in [1.82, 2.24) is 10.6 Å². The lowest BCUT2D eigenvalue weighted by molar-refractivity contribution is 0.559. The smallest absolute Gasteiger partial charge is 0.191 e. The lowest BCUT2D eigenvalue weighted by Crippen LogP contribution is -2.41. The highest BCUT2D eigenvalue weighted by Crippen LogP contribution is 2.16. The lowest BCUT2D eigenvalue weighted by atomic mass is 10.3. The minimum Gasteiger partial charge on any atom is -0.355 e. The van der Waals surface area contributed by atoms with Crippen LogP contribution in [0.2, 0.25) is 0 Å². The molecule has 0 saturated carbocycles. The molecule has 7 heteroatoms. The van der Waals surface area contributed by atoms with E-state index in [4.69, 9.17) is 0 Å². The monoisotopic (exact) mass is 345 g/mol. The minimum atomic E-state index is -3.11. The van der Waals surface area contributed by atoms with Gasteiger partial charge in [0.25, 0.3) is 0 Å². The SMILES string of the molecule is CCc1ccc(CNC(=NC)NCCS(=O)(=O)C(C)(C)C)s1. The van der Waals surface area contributed by atoms with Crippen LogP contribution in [-0.2, 0) is 22.8 Å². The summed E-state index contributed by atoms with van der Waals surface area (Å²) in [5.74, 6) is 0.714. The first-order chi connectivity index (χ1) is 10.2. The Labute approximate surface area is 138 Å². The van der Waals surface area contributed by atoms with Crippen LogP contribution in [0.4, 0.5) is 0 Å². The average Bonchev–Trinajstić information content (AvgIpc) is 2.89. The van der Waals surface area contributed by atoms with E-state index in [9.17, 15) is 8.42 Å². The van der Waals surface area contributed by atoms with Crippen LogP contribution in [0.15, 0.2) is 17.1 Å². The summed E-state index contributed by atoms with van der Waals surface area (Å²) in [6, 6.07) is 4.24. The van der Waals surface area contributed by atoms with E-state index in [2.05, 4.69) is 34.7 Å². The fraction of sp³-hybridized carbons (Fsp3) is 0.667. The molecule has 5 nitrogen and oxygen atoms in total. The van der Waals surface area contributed by atoms with Gasteiger partial charge in [-0.25, -0.2) is 8.42 Å². The first-order valence-electron chi connectivity index (χ1n) is 7.44. The quantitative estimate of drug-likeness (QED) is 0.612. The Kier molecular flexibility index (Phi) is 6.87. The summed E-state index contributed by atoms with van der Waals surface area (Å²) < 4.78 is 23.4. The predicted octanol–water partition coefficient (Wildman–Crippen LogP) is 2.19. The van der Waals surface area contributed by atoms with Gasteiger partial charge in [-0.2, -0.15) is 0 Å².